The number of carboxylic acids is 1. The maximum absolute atomic E-state index is 12.6. The third-order valence-corrected chi connectivity index (χ3v) is 10.00. The Bertz CT molecular complexity index is 1260. The molecule has 2 aromatic carbocycles. The SMILES string of the molecule is CCCc1nc2ccccc2n1C1CCN(C[C@H]2CN([C@@H](C(=O)O)C3CCCCC3)C[C@@H]2c2ccccc2)CC1. The number of benzene rings is 2. The average Bonchev–Trinajstić information content (AvgIpc) is 3.56. The summed E-state index contributed by atoms with van der Waals surface area (Å²) in [5.74, 6) is 1.75. The Balaban J connectivity index is 1.17. The molecule has 3 atom stereocenters. The molecule has 40 heavy (non-hydrogen) atoms. The first kappa shape index (κ1) is 27.5. The number of aryl methyl sites for hydroxylation is 1. The maximum atomic E-state index is 12.6. The van der Waals surface area contributed by atoms with Crippen molar-refractivity contribution in [3.05, 3.63) is 66.0 Å². The number of piperidine rings is 1. The minimum absolute atomic E-state index is 0.291. The monoisotopic (exact) mass is 542 g/mol. The van der Waals surface area contributed by atoms with Gasteiger partial charge in [-0.25, -0.2) is 4.98 Å². The molecule has 0 bridgehead atoms. The van der Waals surface area contributed by atoms with Crippen LogP contribution in [0.4, 0.5) is 0 Å². The molecule has 0 amide bonds. The molecule has 6 nitrogen and oxygen atoms in total. The third kappa shape index (κ3) is 5.71. The van der Waals surface area contributed by atoms with Crippen molar-refractivity contribution < 1.29 is 9.90 Å². The number of aromatic nitrogens is 2. The van der Waals surface area contributed by atoms with E-state index in [0.717, 1.165) is 76.8 Å². The topological polar surface area (TPSA) is 61.6 Å². The van der Waals surface area contributed by atoms with Crippen LogP contribution in [0.5, 0.6) is 0 Å². The molecule has 3 fully saturated rings. The number of carboxylic acid groups (broad SMARTS) is 1. The van der Waals surface area contributed by atoms with Gasteiger partial charge in [-0.1, -0.05) is 68.7 Å². The molecular weight excluding hydrogens is 496 g/mol. The number of carbonyl (C=O) groups is 1. The van der Waals surface area contributed by atoms with Gasteiger partial charge in [0.05, 0.1) is 11.0 Å². The summed E-state index contributed by atoms with van der Waals surface area (Å²) in [6, 6.07) is 19.6. The van der Waals surface area contributed by atoms with E-state index in [4.69, 9.17) is 4.98 Å². The molecule has 1 aliphatic carbocycles. The van der Waals surface area contributed by atoms with Crippen LogP contribution in [0.25, 0.3) is 11.0 Å². The average molecular weight is 543 g/mol. The number of likely N-dealkylation sites (tertiary alicyclic amines) is 2. The van der Waals surface area contributed by atoms with Crippen LogP contribution in [-0.2, 0) is 11.2 Å². The van der Waals surface area contributed by atoms with E-state index in [2.05, 4.69) is 75.9 Å². The number of rotatable bonds is 9. The van der Waals surface area contributed by atoms with Crippen LogP contribution >= 0.6 is 0 Å². The molecule has 0 spiro atoms. The van der Waals surface area contributed by atoms with E-state index in [1.54, 1.807) is 0 Å². The number of aliphatic carboxylic acids is 1. The number of nitrogens with zero attached hydrogens (tertiary/aromatic N) is 4. The lowest BCUT2D eigenvalue weighted by Crippen LogP contribution is -2.46. The van der Waals surface area contributed by atoms with Crippen molar-refractivity contribution in [1.82, 2.24) is 19.4 Å². The minimum Gasteiger partial charge on any atom is -0.480 e. The largest absolute Gasteiger partial charge is 0.480 e. The van der Waals surface area contributed by atoms with Crippen molar-refractivity contribution >= 4 is 17.0 Å². The van der Waals surface area contributed by atoms with Crippen LogP contribution in [0.3, 0.4) is 0 Å². The first-order valence-corrected chi connectivity index (χ1v) is 15.8. The van der Waals surface area contributed by atoms with Crippen LogP contribution < -0.4 is 0 Å². The van der Waals surface area contributed by atoms with Gasteiger partial charge in [-0.15, -0.1) is 0 Å². The Morgan fingerprint density at radius 3 is 2.40 bits per heavy atom. The van der Waals surface area contributed by atoms with E-state index in [9.17, 15) is 9.90 Å². The van der Waals surface area contributed by atoms with Gasteiger partial charge in [0, 0.05) is 51.1 Å². The van der Waals surface area contributed by atoms with E-state index in [-0.39, 0.29) is 6.04 Å². The first-order chi connectivity index (χ1) is 19.6. The van der Waals surface area contributed by atoms with Crippen molar-refractivity contribution in [2.24, 2.45) is 11.8 Å². The van der Waals surface area contributed by atoms with E-state index < -0.39 is 5.97 Å². The summed E-state index contributed by atoms with van der Waals surface area (Å²) >= 11 is 0. The Labute approximate surface area is 239 Å². The lowest BCUT2D eigenvalue weighted by atomic mass is 9.83. The summed E-state index contributed by atoms with van der Waals surface area (Å²) in [5, 5.41) is 10.3. The lowest BCUT2D eigenvalue weighted by Gasteiger charge is -2.36. The Kier molecular flexibility index (Phi) is 8.54. The zero-order chi connectivity index (χ0) is 27.5. The molecule has 6 rings (SSSR count). The van der Waals surface area contributed by atoms with Crippen LogP contribution in [0.2, 0.25) is 0 Å². The molecule has 3 heterocycles. The Hall–Kier alpha value is -2.70. The Morgan fingerprint density at radius 1 is 0.950 bits per heavy atom. The third-order valence-electron chi connectivity index (χ3n) is 10.00. The predicted molar refractivity (Wildman–Crippen MR) is 161 cm³/mol. The highest BCUT2D eigenvalue weighted by Gasteiger charge is 2.43. The molecule has 3 aliphatic rings. The van der Waals surface area contributed by atoms with Gasteiger partial charge < -0.3 is 14.6 Å². The first-order valence-electron chi connectivity index (χ1n) is 15.8. The number of hydrogen-bond acceptors (Lipinski definition) is 4. The van der Waals surface area contributed by atoms with E-state index in [1.165, 1.54) is 36.2 Å². The number of hydrogen-bond donors (Lipinski definition) is 1. The molecular formula is C34H46N4O2. The zero-order valence-corrected chi connectivity index (χ0v) is 24.1. The van der Waals surface area contributed by atoms with Gasteiger partial charge in [0.15, 0.2) is 0 Å². The van der Waals surface area contributed by atoms with E-state index in [0.29, 0.717) is 23.8 Å². The highest BCUT2D eigenvalue weighted by molar-refractivity contribution is 5.76. The van der Waals surface area contributed by atoms with Gasteiger partial charge >= 0.3 is 5.97 Å². The van der Waals surface area contributed by atoms with Crippen molar-refractivity contribution in [2.75, 3.05) is 32.7 Å². The summed E-state index contributed by atoms with van der Waals surface area (Å²) < 4.78 is 2.54. The predicted octanol–water partition coefficient (Wildman–Crippen LogP) is 6.37. The second-order valence-electron chi connectivity index (χ2n) is 12.6. The maximum Gasteiger partial charge on any atom is 0.321 e. The fourth-order valence-electron chi connectivity index (χ4n) is 8.09. The molecule has 1 N–H and O–H groups in total. The van der Waals surface area contributed by atoms with Gasteiger partial charge in [0.2, 0.25) is 0 Å². The number of fused-ring (bicyclic) bond motifs is 1. The van der Waals surface area contributed by atoms with Crippen molar-refractivity contribution in [2.45, 2.75) is 82.7 Å². The molecule has 1 saturated carbocycles. The second kappa shape index (κ2) is 12.4. The normalized spacial score (nSPS) is 24.5. The molecule has 2 saturated heterocycles. The van der Waals surface area contributed by atoms with Gasteiger partial charge in [-0.2, -0.15) is 0 Å². The fraction of sp³-hybridized carbons (Fsp3) is 0.588. The highest BCUT2D eigenvalue weighted by Crippen LogP contribution is 2.39. The van der Waals surface area contributed by atoms with Crippen LogP contribution in [0.1, 0.15) is 81.6 Å². The molecule has 214 valence electrons. The minimum atomic E-state index is -0.615. The van der Waals surface area contributed by atoms with Crippen LogP contribution in [-0.4, -0.2) is 69.2 Å². The second-order valence-corrected chi connectivity index (χ2v) is 12.6. The molecule has 6 heteroatoms. The van der Waals surface area contributed by atoms with Gasteiger partial charge in [0.1, 0.15) is 11.9 Å². The summed E-state index contributed by atoms with van der Waals surface area (Å²) in [7, 11) is 0. The molecule has 2 aliphatic heterocycles. The molecule has 3 aromatic rings. The van der Waals surface area contributed by atoms with E-state index >= 15 is 0 Å². The van der Waals surface area contributed by atoms with Gasteiger partial charge in [-0.05, 0) is 61.6 Å². The lowest BCUT2D eigenvalue weighted by molar-refractivity contribution is -0.145. The van der Waals surface area contributed by atoms with Crippen LogP contribution in [0.15, 0.2) is 54.6 Å². The van der Waals surface area contributed by atoms with Crippen molar-refractivity contribution in [3.8, 4) is 0 Å². The standard InChI is InChI=1S/C34H46N4O2/c1-2-11-32-35-30-16-9-10-17-31(30)38(32)28-18-20-36(21-19-28)22-27-23-37(24-29(27)25-12-5-3-6-13-25)33(34(39)40)26-14-7-4-8-15-26/h3,5-6,9-10,12-13,16-17,26-29,33H,2,4,7-8,11,14-15,18-24H2,1H3,(H,39,40)/t27-,29+,33+/m0/s1. The zero-order valence-electron chi connectivity index (χ0n) is 24.1. The summed E-state index contributed by atoms with van der Waals surface area (Å²) in [6.45, 7) is 7.22. The summed E-state index contributed by atoms with van der Waals surface area (Å²) in [6.07, 6.45) is 10.1. The Morgan fingerprint density at radius 2 is 1.68 bits per heavy atom. The number of imidazole rings is 1. The summed E-state index contributed by atoms with van der Waals surface area (Å²) in [4.78, 5) is 22.6. The quantitative estimate of drug-likeness (QED) is 0.340. The fourth-order valence-corrected chi connectivity index (χ4v) is 8.09. The van der Waals surface area contributed by atoms with Crippen LogP contribution in [0, 0.1) is 11.8 Å². The van der Waals surface area contributed by atoms with Crippen molar-refractivity contribution in [3.63, 3.8) is 0 Å². The summed E-state index contributed by atoms with van der Waals surface area (Å²) in [5.41, 5.74) is 3.77. The molecule has 0 radical (unpaired) electrons. The van der Waals surface area contributed by atoms with Gasteiger partial charge in [-0.3, -0.25) is 9.69 Å². The van der Waals surface area contributed by atoms with Crippen molar-refractivity contribution in [1.29, 1.82) is 0 Å². The highest BCUT2D eigenvalue weighted by atomic mass is 16.4. The van der Waals surface area contributed by atoms with Gasteiger partial charge in [0.25, 0.3) is 0 Å². The van der Waals surface area contributed by atoms with E-state index in [1.807, 2.05) is 0 Å². The smallest absolute Gasteiger partial charge is 0.321 e. The molecule has 1 aromatic heterocycles. The molecule has 0 unspecified atom stereocenters. The number of para-hydroxylation sites is 2.